The molecule has 1 N–H and O–H groups in total. The zero-order valence-corrected chi connectivity index (χ0v) is 8.15. The first kappa shape index (κ1) is 10.5. The molecule has 0 fully saturated rings. The minimum absolute atomic E-state index is 0.272. The minimum Gasteiger partial charge on any atom is -0.478 e. The Hall–Kier alpha value is -1.55. The Balaban J connectivity index is 3.00. The molecule has 0 saturated carbocycles. The summed E-state index contributed by atoms with van der Waals surface area (Å²) < 4.78 is 3.99. The zero-order chi connectivity index (χ0) is 10.6. The summed E-state index contributed by atoms with van der Waals surface area (Å²) >= 11 is 4.88. The second kappa shape index (κ2) is 4.62. The summed E-state index contributed by atoms with van der Waals surface area (Å²) in [5.74, 6) is -0.945. The van der Waals surface area contributed by atoms with Crippen molar-refractivity contribution in [2.75, 3.05) is 0 Å². The fourth-order valence-corrected chi connectivity index (χ4v) is 1.13. The monoisotopic (exact) mass is 213 g/mol. The number of halogens is 1. The molecule has 5 heteroatoms. The highest BCUT2D eigenvalue weighted by atomic mass is 35.5. The highest BCUT2D eigenvalue weighted by molar-refractivity contribution is 6.07. The van der Waals surface area contributed by atoms with Crippen LogP contribution in [0.1, 0.15) is 21.5 Å². The highest BCUT2D eigenvalue weighted by Gasteiger charge is 2.05. The number of nitrogens with zero attached hydrogens (tertiary/aromatic N) is 1. The molecule has 74 valence electrons. The first-order valence-electron chi connectivity index (χ1n) is 3.80. The maximum Gasteiger partial charge on any atom is 0.335 e. The third-order valence-corrected chi connectivity index (χ3v) is 1.80. The van der Waals surface area contributed by atoms with Crippen LogP contribution in [0.2, 0.25) is 0 Å². The van der Waals surface area contributed by atoms with Gasteiger partial charge in [-0.05, 0) is 30.2 Å². The predicted molar refractivity (Wildman–Crippen MR) is 52.7 cm³/mol. The average molecular weight is 214 g/mol. The van der Waals surface area contributed by atoms with E-state index in [0.29, 0.717) is 5.56 Å². The van der Waals surface area contributed by atoms with Gasteiger partial charge >= 0.3 is 5.97 Å². The normalized spacial score (nSPS) is 10.4. The molecule has 0 unspecified atom stereocenters. The maximum absolute atomic E-state index is 10.7. The molecule has 0 spiro atoms. The van der Waals surface area contributed by atoms with Crippen molar-refractivity contribution in [3.8, 4) is 0 Å². The van der Waals surface area contributed by atoms with E-state index in [1.807, 2.05) is 0 Å². The molecule has 4 nitrogen and oxygen atoms in total. The number of hydrogen-bond acceptors (Lipinski definition) is 3. The van der Waals surface area contributed by atoms with Crippen LogP contribution in [0.25, 0.3) is 0 Å². The quantitative estimate of drug-likeness (QED) is 0.619. The Morgan fingerprint density at radius 1 is 1.64 bits per heavy atom. The third kappa shape index (κ3) is 2.47. The van der Waals surface area contributed by atoms with Crippen molar-refractivity contribution < 1.29 is 14.3 Å². The van der Waals surface area contributed by atoms with Crippen molar-refractivity contribution in [1.82, 2.24) is 0 Å². The van der Waals surface area contributed by atoms with Gasteiger partial charge in [-0.3, -0.25) is 4.39 Å². The Bertz CT molecular complexity index is 376. The van der Waals surface area contributed by atoms with E-state index >= 15 is 0 Å². The lowest BCUT2D eigenvalue weighted by Gasteiger charge is -2.00. The third-order valence-electron chi connectivity index (χ3n) is 1.72. The van der Waals surface area contributed by atoms with Crippen LogP contribution in [0, 0.1) is 6.92 Å². The standard InChI is InChI=1S/C9H8ClNO3/c1-6-4-7(5-11-14-10)2-3-8(6)9(12)13/h2-5H,1H3,(H,12,13). The molecule has 1 rings (SSSR count). The predicted octanol–water partition coefficient (Wildman–Crippen LogP) is 2.20. The van der Waals surface area contributed by atoms with Crippen molar-refractivity contribution in [3.63, 3.8) is 0 Å². The SMILES string of the molecule is Cc1cc(C=NOCl)ccc1C(=O)O. The summed E-state index contributed by atoms with van der Waals surface area (Å²) in [6, 6.07) is 4.81. The van der Waals surface area contributed by atoms with E-state index in [2.05, 4.69) is 9.55 Å². The van der Waals surface area contributed by atoms with E-state index in [9.17, 15) is 4.79 Å². The van der Waals surface area contributed by atoms with Crippen LogP contribution >= 0.6 is 11.9 Å². The van der Waals surface area contributed by atoms with Gasteiger partial charge in [0.25, 0.3) is 0 Å². The van der Waals surface area contributed by atoms with Gasteiger partial charge in [0.05, 0.1) is 11.8 Å². The Morgan fingerprint density at radius 2 is 2.36 bits per heavy atom. The molecule has 0 bridgehead atoms. The van der Waals surface area contributed by atoms with Crippen molar-refractivity contribution in [3.05, 3.63) is 34.9 Å². The molecule has 1 aromatic carbocycles. The number of carboxylic acids is 1. The number of benzene rings is 1. The van der Waals surface area contributed by atoms with Crippen LogP contribution in [0.4, 0.5) is 0 Å². The fourth-order valence-electron chi connectivity index (χ4n) is 1.09. The molecule has 0 amide bonds. The zero-order valence-electron chi connectivity index (χ0n) is 7.40. The molecule has 0 aromatic heterocycles. The Kier molecular flexibility index (Phi) is 3.48. The number of aromatic carboxylic acids is 1. The fraction of sp³-hybridized carbons (Fsp3) is 0.111. The first-order valence-corrected chi connectivity index (χ1v) is 4.11. The molecule has 0 aliphatic rings. The summed E-state index contributed by atoms with van der Waals surface area (Å²) in [7, 11) is 0. The summed E-state index contributed by atoms with van der Waals surface area (Å²) in [5, 5.41) is 12.1. The van der Waals surface area contributed by atoms with Crippen molar-refractivity contribution in [2.24, 2.45) is 5.16 Å². The van der Waals surface area contributed by atoms with Crippen LogP contribution in [0.15, 0.2) is 23.4 Å². The average Bonchev–Trinajstić information content (AvgIpc) is 2.14. The first-order chi connectivity index (χ1) is 6.65. The second-order valence-corrected chi connectivity index (χ2v) is 2.82. The Morgan fingerprint density at radius 3 is 2.86 bits per heavy atom. The summed E-state index contributed by atoms with van der Waals surface area (Å²) in [5.41, 5.74) is 1.66. The molecule has 0 saturated heterocycles. The number of carbonyl (C=O) groups is 1. The van der Waals surface area contributed by atoms with Gasteiger partial charge < -0.3 is 5.11 Å². The van der Waals surface area contributed by atoms with Gasteiger partial charge in [-0.1, -0.05) is 11.2 Å². The summed E-state index contributed by atoms with van der Waals surface area (Å²) in [6.07, 6.45) is 1.39. The van der Waals surface area contributed by atoms with Gasteiger partial charge in [0.15, 0.2) is 11.9 Å². The maximum atomic E-state index is 10.7. The van der Waals surface area contributed by atoms with Crippen LogP contribution in [0.3, 0.4) is 0 Å². The van der Waals surface area contributed by atoms with Gasteiger partial charge in [0, 0.05) is 0 Å². The molecule has 0 atom stereocenters. The molecule has 0 radical (unpaired) electrons. The van der Waals surface area contributed by atoms with E-state index in [-0.39, 0.29) is 5.56 Å². The minimum atomic E-state index is -0.945. The number of aryl methyl sites for hydroxylation is 1. The van der Waals surface area contributed by atoms with Gasteiger partial charge in [-0.15, -0.1) is 0 Å². The van der Waals surface area contributed by atoms with Crippen LogP contribution in [0.5, 0.6) is 0 Å². The summed E-state index contributed by atoms with van der Waals surface area (Å²) in [4.78, 5) is 10.7. The molecule has 1 aromatic rings. The van der Waals surface area contributed by atoms with Gasteiger partial charge in [0.1, 0.15) is 0 Å². The molecule has 0 aliphatic carbocycles. The van der Waals surface area contributed by atoms with Crippen molar-refractivity contribution >= 4 is 24.0 Å². The highest BCUT2D eigenvalue weighted by Crippen LogP contribution is 2.09. The number of oxime groups is 1. The van der Waals surface area contributed by atoms with Gasteiger partial charge in [0.2, 0.25) is 0 Å². The largest absolute Gasteiger partial charge is 0.478 e. The van der Waals surface area contributed by atoms with E-state index in [1.54, 1.807) is 19.1 Å². The van der Waals surface area contributed by atoms with Gasteiger partial charge in [-0.2, -0.15) is 0 Å². The number of carboxylic acid groups (broad SMARTS) is 1. The van der Waals surface area contributed by atoms with E-state index in [4.69, 9.17) is 17.0 Å². The molecule has 0 aliphatic heterocycles. The molecule has 14 heavy (non-hydrogen) atoms. The van der Waals surface area contributed by atoms with Gasteiger partial charge in [-0.25, -0.2) is 4.79 Å². The van der Waals surface area contributed by atoms with Crippen molar-refractivity contribution in [1.29, 1.82) is 0 Å². The number of hydrogen-bond donors (Lipinski definition) is 1. The van der Waals surface area contributed by atoms with E-state index < -0.39 is 5.97 Å². The molecule has 0 heterocycles. The lowest BCUT2D eigenvalue weighted by Crippen LogP contribution is -2.00. The van der Waals surface area contributed by atoms with E-state index in [0.717, 1.165) is 5.56 Å². The van der Waals surface area contributed by atoms with Crippen LogP contribution < -0.4 is 0 Å². The lowest BCUT2D eigenvalue weighted by atomic mass is 10.1. The van der Waals surface area contributed by atoms with Crippen LogP contribution in [-0.4, -0.2) is 17.3 Å². The number of rotatable bonds is 3. The molecular weight excluding hydrogens is 206 g/mol. The van der Waals surface area contributed by atoms with Crippen LogP contribution in [-0.2, 0) is 4.39 Å². The van der Waals surface area contributed by atoms with Crippen molar-refractivity contribution in [2.45, 2.75) is 6.92 Å². The molecular formula is C9H8ClNO3. The Labute approximate surface area is 85.9 Å². The summed E-state index contributed by atoms with van der Waals surface area (Å²) in [6.45, 7) is 1.71. The second-order valence-electron chi connectivity index (χ2n) is 2.68. The topological polar surface area (TPSA) is 58.9 Å². The lowest BCUT2D eigenvalue weighted by molar-refractivity contribution is 0.0696. The van der Waals surface area contributed by atoms with E-state index in [1.165, 1.54) is 12.3 Å². The smallest absolute Gasteiger partial charge is 0.335 e.